The van der Waals surface area contributed by atoms with Crippen molar-refractivity contribution < 1.29 is 9.59 Å². The molecule has 1 saturated heterocycles. The molecule has 108 valence electrons. The number of hydrogen-bond acceptors (Lipinski definition) is 4. The molecule has 1 fully saturated rings. The monoisotopic (exact) mass is 296 g/mol. The second-order valence-corrected chi connectivity index (χ2v) is 5.18. The Morgan fingerprint density at radius 1 is 1.60 bits per heavy atom. The molecule has 7 heteroatoms. The largest absolute Gasteiger partial charge is 0.353 e. The number of piperazine rings is 1. The number of anilines is 1. The van der Waals surface area contributed by atoms with Crippen LogP contribution in [0.5, 0.6) is 0 Å². The fraction of sp³-hybridized carbons (Fsp3) is 0.462. The first kappa shape index (κ1) is 14.6. The van der Waals surface area contributed by atoms with Crippen molar-refractivity contribution >= 4 is 29.2 Å². The maximum absolute atomic E-state index is 12.3. The molecule has 0 spiro atoms. The van der Waals surface area contributed by atoms with E-state index in [-0.39, 0.29) is 18.4 Å². The number of aromatic nitrogens is 1. The van der Waals surface area contributed by atoms with Crippen molar-refractivity contribution in [3.63, 3.8) is 0 Å². The lowest BCUT2D eigenvalue weighted by Crippen LogP contribution is -2.57. The third-order valence-electron chi connectivity index (χ3n) is 3.29. The van der Waals surface area contributed by atoms with E-state index in [1.54, 1.807) is 35.9 Å². The third kappa shape index (κ3) is 3.19. The molecule has 1 aliphatic rings. The summed E-state index contributed by atoms with van der Waals surface area (Å²) in [5, 5.41) is 3.29. The highest BCUT2D eigenvalue weighted by Gasteiger charge is 2.29. The Balaban J connectivity index is 2.00. The number of hydrogen-bond donors (Lipinski definition) is 1. The van der Waals surface area contributed by atoms with E-state index < -0.39 is 6.04 Å². The number of amides is 2. The van der Waals surface area contributed by atoms with Crippen LogP contribution in [0.15, 0.2) is 18.3 Å². The second kappa shape index (κ2) is 6.09. The fourth-order valence-electron chi connectivity index (χ4n) is 2.09. The maximum atomic E-state index is 12.3. The summed E-state index contributed by atoms with van der Waals surface area (Å²) in [6.07, 6.45) is 1.54. The van der Waals surface area contributed by atoms with E-state index in [9.17, 15) is 9.59 Å². The van der Waals surface area contributed by atoms with Crippen LogP contribution in [0.4, 0.5) is 5.82 Å². The van der Waals surface area contributed by atoms with Crippen molar-refractivity contribution in [3.05, 3.63) is 23.4 Å². The molecule has 0 bridgehead atoms. The number of rotatable bonds is 3. The Labute approximate surface area is 122 Å². The minimum absolute atomic E-state index is 0.0911. The average Bonchev–Trinajstić information content (AvgIpc) is 2.42. The molecule has 2 heterocycles. The zero-order valence-electron chi connectivity index (χ0n) is 11.5. The predicted octanol–water partition coefficient (Wildman–Crippen LogP) is 0.518. The number of carbonyl (C=O) groups excluding carboxylic acids is 2. The van der Waals surface area contributed by atoms with Crippen molar-refractivity contribution in [2.45, 2.75) is 13.0 Å². The third-order valence-corrected chi connectivity index (χ3v) is 3.52. The number of nitrogens with zero attached hydrogens (tertiary/aromatic N) is 3. The van der Waals surface area contributed by atoms with Gasteiger partial charge in [0.25, 0.3) is 0 Å². The first-order chi connectivity index (χ1) is 9.49. The minimum atomic E-state index is -0.428. The molecule has 20 heavy (non-hydrogen) atoms. The van der Waals surface area contributed by atoms with Crippen LogP contribution in [-0.2, 0) is 9.59 Å². The molecule has 1 N–H and O–H groups in total. The van der Waals surface area contributed by atoms with Gasteiger partial charge in [0.1, 0.15) is 11.9 Å². The smallest absolute Gasteiger partial charge is 0.242 e. The topological polar surface area (TPSA) is 65.5 Å². The molecule has 1 aromatic rings. The zero-order valence-corrected chi connectivity index (χ0v) is 12.2. The molecular weight excluding hydrogens is 280 g/mol. The second-order valence-electron chi connectivity index (χ2n) is 4.74. The Morgan fingerprint density at radius 3 is 3.00 bits per heavy atom. The van der Waals surface area contributed by atoms with E-state index >= 15 is 0 Å². The van der Waals surface area contributed by atoms with Crippen LogP contribution in [0.3, 0.4) is 0 Å². The van der Waals surface area contributed by atoms with Gasteiger partial charge in [-0.15, -0.1) is 0 Å². The van der Waals surface area contributed by atoms with Crippen LogP contribution in [0.1, 0.15) is 6.92 Å². The van der Waals surface area contributed by atoms with Gasteiger partial charge in [0.15, 0.2) is 0 Å². The summed E-state index contributed by atoms with van der Waals surface area (Å²) in [6.45, 7) is 2.94. The lowest BCUT2D eigenvalue weighted by Gasteiger charge is -2.34. The number of halogens is 1. The van der Waals surface area contributed by atoms with Crippen molar-refractivity contribution in [1.29, 1.82) is 0 Å². The summed E-state index contributed by atoms with van der Waals surface area (Å²) in [7, 11) is 1.78. The summed E-state index contributed by atoms with van der Waals surface area (Å²) in [5.41, 5.74) is 0. The van der Waals surface area contributed by atoms with Gasteiger partial charge in [-0.05, 0) is 19.1 Å². The van der Waals surface area contributed by atoms with Crippen molar-refractivity contribution in [2.75, 3.05) is 31.6 Å². The van der Waals surface area contributed by atoms with E-state index in [4.69, 9.17) is 11.6 Å². The Morgan fingerprint density at radius 2 is 2.35 bits per heavy atom. The Hall–Kier alpha value is -1.82. The average molecular weight is 297 g/mol. The lowest BCUT2D eigenvalue weighted by molar-refractivity contribution is -0.141. The van der Waals surface area contributed by atoms with Crippen molar-refractivity contribution in [2.24, 2.45) is 0 Å². The van der Waals surface area contributed by atoms with E-state index in [0.29, 0.717) is 23.9 Å². The Kier molecular flexibility index (Phi) is 4.44. The van der Waals surface area contributed by atoms with Crippen LogP contribution in [0, 0.1) is 0 Å². The molecule has 2 rings (SSSR count). The van der Waals surface area contributed by atoms with Gasteiger partial charge in [0.05, 0.1) is 11.6 Å². The van der Waals surface area contributed by atoms with Gasteiger partial charge in [0.2, 0.25) is 11.8 Å². The molecule has 1 unspecified atom stereocenters. The van der Waals surface area contributed by atoms with Crippen molar-refractivity contribution in [3.8, 4) is 0 Å². The van der Waals surface area contributed by atoms with Crippen LogP contribution in [-0.4, -0.2) is 54.4 Å². The number of likely N-dealkylation sites (N-methyl/N-ethyl adjacent to an activating group) is 1. The highest BCUT2D eigenvalue weighted by atomic mass is 35.5. The molecule has 0 aliphatic carbocycles. The summed E-state index contributed by atoms with van der Waals surface area (Å²) in [5.74, 6) is 0.459. The first-order valence-electron chi connectivity index (χ1n) is 6.39. The molecule has 1 aliphatic heterocycles. The summed E-state index contributed by atoms with van der Waals surface area (Å²) in [4.78, 5) is 31.3. The van der Waals surface area contributed by atoms with Gasteiger partial charge in [-0.1, -0.05) is 11.6 Å². The molecule has 0 aromatic carbocycles. The van der Waals surface area contributed by atoms with Gasteiger partial charge < -0.3 is 15.1 Å². The van der Waals surface area contributed by atoms with Crippen LogP contribution < -0.4 is 10.2 Å². The van der Waals surface area contributed by atoms with Crippen LogP contribution in [0.2, 0.25) is 5.02 Å². The van der Waals surface area contributed by atoms with Crippen LogP contribution in [0.25, 0.3) is 0 Å². The zero-order chi connectivity index (χ0) is 14.7. The van der Waals surface area contributed by atoms with E-state index in [2.05, 4.69) is 10.3 Å². The maximum Gasteiger partial charge on any atom is 0.242 e. The normalized spacial score (nSPS) is 18.6. The van der Waals surface area contributed by atoms with Crippen molar-refractivity contribution in [1.82, 2.24) is 15.2 Å². The molecule has 0 radical (unpaired) electrons. The van der Waals surface area contributed by atoms with Gasteiger partial charge in [-0.2, -0.15) is 0 Å². The van der Waals surface area contributed by atoms with Gasteiger partial charge in [-0.25, -0.2) is 4.98 Å². The number of nitrogens with one attached hydrogen (secondary N) is 1. The SMILES string of the molecule is CC1C(=O)NCCN1C(=O)CN(C)c1ccc(Cl)cn1. The van der Waals surface area contributed by atoms with Crippen LogP contribution >= 0.6 is 11.6 Å². The number of carbonyl (C=O) groups is 2. The first-order valence-corrected chi connectivity index (χ1v) is 6.76. The summed E-state index contributed by atoms with van der Waals surface area (Å²) >= 11 is 5.78. The van der Waals surface area contributed by atoms with E-state index in [1.807, 2.05) is 0 Å². The van der Waals surface area contributed by atoms with Gasteiger partial charge in [0, 0.05) is 26.3 Å². The molecular formula is C13H17ClN4O2. The molecule has 1 atom stereocenters. The molecule has 6 nitrogen and oxygen atoms in total. The van der Waals surface area contributed by atoms with Gasteiger partial charge >= 0.3 is 0 Å². The lowest BCUT2D eigenvalue weighted by atomic mass is 10.2. The highest BCUT2D eigenvalue weighted by Crippen LogP contribution is 2.13. The predicted molar refractivity (Wildman–Crippen MR) is 76.7 cm³/mol. The Bertz CT molecular complexity index is 506. The molecule has 0 saturated carbocycles. The quantitative estimate of drug-likeness (QED) is 0.883. The van der Waals surface area contributed by atoms with Gasteiger partial charge in [-0.3, -0.25) is 9.59 Å². The summed E-state index contributed by atoms with van der Waals surface area (Å²) < 4.78 is 0. The van der Waals surface area contributed by atoms with E-state index in [0.717, 1.165) is 0 Å². The van der Waals surface area contributed by atoms with E-state index in [1.165, 1.54) is 6.20 Å². The molecule has 2 amide bonds. The standard InChI is InChI=1S/C13H17ClN4O2/c1-9-13(20)15-5-6-18(9)12(19)8-17(2)11-4-3-10(14)7-16-11/h3-4,7,9H,5-6,8H2,1-2H3,(H,15,20). The molecule has 1 aromatic heterocycles. The number of pyridine rings is 1. The highest BCUT2D eigenvalue weighted by molar-refractivity contribution is 6.30. The fourth-order valence-corrected chi connectivity index (χ4v) is 2.20. The summed E-state index contributed by atoms with van der Waals surface area (Å²) in [6, 6.07) is 3.05. The minimum Gasteiger partial charge on any atom is -0.353 e.